The molecule has 0 aliphatic heterocycles. The van der Waals surface area contributed by atoms with Crippen LogP contribution in [-0.2, 0) is 0 Å². The molecule has 0 fully saturated rings. The minimum atomic E-state index is 0.638. The van der Waals surface area contributed by atoms with Gasteiger partial charge in [0.25, 0.3) is 0 Å². The van der Waals surface area contributed by atoms with Crippen molar-refractivity contribution >= 4 is 43.7 Å². The minimum Gasteiger partial charge on any atom is -0.308 e. The highest BCUT2D eigenvalue weighted by molar-refractivity contribution is 6.11. The molecule has 0 aliphatic carbocycles. The molecular formula is C45H29N5. The second-order valence-electron chi connectivity index (χ2n) is 12.5. The van der Waals surface area contributed by atoms with E-state index in [1.54, 1.807) is 0 Å². The molecule has 6 aromatic carbocycles. The monoisotopic (exact) mass is 639 g/mol. The van der Waals surface area contributed by atoms with Crippen LogP contribution in [0.15, 0.2) is 176 Å². The van der Waals surface area contributed by atoms with Crippen LogP contribution in [-0.4, -0.2) is 24.1 Å². The second-order valence-corrected chi connectivity index (χ2v) is 12.5. The van der Waals surface area contributed by atoms with Crippen LogP contribution in [0.2, 0.25) is 0 Å². The molecule has 0 amide bonds. The summed E-state index contributed by atoms with van der Waals surface area (Å²) in [6, 6.07) is 59.4. The van der Waals surface area contributed by atoms with E-state index in [-0.39, 0.29) is 0 Å². The van der Waals surface area contributed by atoms with Gasteiger partial charge in [-0.1, -0.05) is 115 Å². The van der Waals surface area contributed by atoms with Crippen molar-refractivity contribution in [2.24, 2.45) is 0 Å². The molecule has 5 nitrogen and oxygen atoms in total. The summed E-state index contributed by atoms with van der Waals surface area (Å²) in [5, 5.41) is 3.45. The van der Waals surface area contributed by atoms with Gasteiger partial charge in [-0.25, -0.2) is 9.97 Å². The summed E-state index contributed by atoms with van der Waals surface area (Å²) in [6.45, 7) is 0. The quantitative estimate of drug-likeness (QED) is 0.188. The molecule has 0 bridgehead atoms. The van der Waals surface area contributed by atoms with Gasteiger partial charge in [0.15, 0.2) is 0 Å². The van der Waals surface area contributed by atoms with Crippen molar-refractivity contribution in [2.45, 2.75) is 0 Å². The molecule has 10 rings (SSSR count). The zero-order valence-electron chi connectivity index (χ0n) is 27.0. The summed E-state index contributed by atoms with van der Waals surface area (Å²) in [5.41, 5.74) is 12.5. The molecule has 0 spiro atoms. The van der Waals surface area contributed by atoms with Gasteiger partial charge in [-0.05, 0) is 65.7 Å². The van der Waals surface area contributed by atoms with Gasteiger partial charge in [0.05, 0.1) is 39.0 Å². The van der Waals surface area contributed by atoms with Crippen molar-refractivity contribution in [1.29, 1.82) is 0 Å². The Kier molecular flexibility index (Phi) is 6.42. The summed E-state index contributed by atoms with van der Waals surface area (Å²) >= 11 is 0. The Morgan fingerprint density at radius 1 is 0.360 bits per heavy atom. The van der Waals surface area contributed by atoms with E-state index in [2.05, 4.69) is 161 Å². The molecule has 0 saturated carbocycles. The molecule has 0 aliphatic rings. The first-order valence-electron chi connectivity index (χ1n) is 16.8. The second kappa shape index (κ2) is 11.4. The number of fused-ring (bicyclic) bond motifs is 6. The van der Waals surface area contributed by atoms with Crippen LogP contribution >= 0.6 is 0 Å². The van der Waals surface area contributed by atoms with Gasteiger partial charge >= 0.3 is 0 Å². The van der Waals surface area contributed by atoms with Gasteiger partial charge in [0.2, 0.25) is 5.95 Å². The molecule has 10 aromatic rings. The summed E-state index contributed by atoms with van der Waals surface area (Å²) in [5.74, 6) is 0.638. The number of rotatable bonds is 5. The van der Waals surface area contributed by atoms with Crippen LogP contribution < -0.4 is 0 Å². The van der Waals surface area contributed by atoms with Crippen LogP contribution in [0.5, 0.6) is 0 Å². The molecule has 0 atom stereocenters. The van der Waals surface area contributed by atoms with Crippen LogP contribution in [0, 0.1) is 0 Å². The minimum absolute atomic E-state index is 0.638. The largest absolute Gasteiger partial charge is 0.308 e. The Balaban J connectivity index is 1.22. The van der Waals surface area contributed by atoms with Crippen LogP contribution in [0.25, 0.3) is 89.0 Å². The smallest absolute Gasteiger partial charge is 0.235 e. The molecule has 0 saturated heterocycles. The fourth-order valence-corrected chi connectivity index (χ4v) is 7.28. The third kappa shape index (κ3) is 4.52. The van der Waals surface area contributed by atoms with E-state index in [1.807, 2.05) is 24.4 Å². The molecule has 50 heavy (non-hydrogen) atoms. The molecule has 5 heteroatoms. The highest BCUT2D eigenvalue weighted by Gasteiger charge is 2.19. The van der Waals surface area contributed by atoms with E-state index in [0.717, 1.165) is 83.1 Å². The number of nitrogens with zero attached hydrogens (tertiary/aromatic N) is 5. The predicted molar refractivity (Wildman–Crippen MR) is 205 cm³/mol. The summed E-state index contributed by atoms with van der Waals surface area (Å²) in [6.07, 6.45) is 1.87. The number of pyridine rings is 1. The topological polar surface area (TPSA) is 48.5 Å². The standard InChI is InChI=1S/C45H29N5/c1-4-13-30(14-5-1)38-29-39(31-15-6-2-7-16-31)48-45(47-38)50-40-20-11-10-19-35(40)36-24-22-32(27-42(36)50)33-23-25-37-43(28-33)49(34-17-8-3-9-18-34)41-21-12-26-46-44(37)41/h1-29H. The summed E-state index contributed by atoms with van der Waals surface area (Å²) < 4.78 is 4.53. The lowest BCUT2D eigenvalue weighted by Crippen LogP contribution is -2.04. The summed E-state index contributed by atoms with van der Waals surface area (Å²) in [7, 11) is 0. The molecular weight excluding hydrogens is 611 g/mol. The van der Waals surface area contributed by atoms with E-state index in [1.165, 1.54) is 0 Å². The number of hydrogen-bond donors (Lipinski definition) is 0. The van der Waals surface area contributed by atoms with E-state index < -0.39 is 0 Å². The average molecular weight is 640 g/mol. The Bertz CT molecular complexity index is 2800. The first kappa shape index (κ1) is 28.2. The highest BCUT2D eigenvalue weighted by atomic mass is 15.2. The summed E-state index contributed by atoms with van der Waals surface area (Å²) in [4.78, 5) is 15.2. The van der Waals surface area contributed by atoms with Crippen LogP contribution in [0.3, 0.4) is 0 Å². The maximum atomic E-state index is 5.23. The fraction of sp³-hybridized carbons (Fsp3) is 0. The van der Waals surface area contributed by atoms with Crippen molar-refractivity contribution in [3.8, 4) is 45.3 Å². The first-order valence-corrected chi connectivity index (χ1v) is 16.8. The maximum Gasteiger partial charge on any atom is 0.235 e. The van der Waals surface area contributed by atoms with Crippen molar-refractivity contribution in [2.75, 3.05) is 0 Å². The predicted octanol–water partition coefficient (Wildman–Crippen LogP) is 11.1. The number of para-hydroxylation sites is 2. The van der Waals surface area contributed by atoms with Crippen molar-refractivity contribution < 1.29 is 0 Å². The Morgan fingerprint density at radius 2 is 0.900 bits per heavy atom. The number of benzene rings is 6. The lowest BCUT2D eigenvalue weighted by atomic mass is 10.0. The zero-order chi connectivity index (χ0) is 33.0. The first-order chi connectivity index (χ1) is 24.8. The zero-order valence-corrected chi connectivity index (χ0v) is 27.0. The van der Waals surface area contributed by atoms with Gasteiger partial charge in [0.1, 0.15) is 0 Å². The maximum absolute atomic E-state index is 5.23. The van der Waals surface area contributed by atoms with Crippen LogP contribution in [0.4, 0.5) is 0 Å². The third-order valence-corrected chi connectivity index (χ3v) is 9.60. The van der Waals surface area contributed by atoms with Gasteiger partial charge < -0.3 is 4.57 Å². The normalized spacial score (nSPS) is 11.6. The number of hydrogen-bond acceptors (Lipinski definition) is 3. The van der Waals surface area contributed by atoms with Gasteiger partial charge in [-0.3, -0.25) is 9.55 Å². The molecule has 0 radical (unpaired) electrons. The molecule has 0 N–H and O–H groups in total. The Morgan fingerprint density at radius 3 is 1.58 bits per heavy atom. The van der Waals surface area contributed by atoms with Gasteiger partial charge in [0, 0.05) is 39.2 Å². The van der Waals surface area contributed by atoms with Crippen molar-refractivity contribution in [3.63, 3.8) is 0 Å². The Hall–Kier alpha value is -6.85. The van der Waals surface area contributed by atoms with E-state index in [0.29, 0.717) is 5.95 Å². The van der Waals surface area contributed by atoms with E-state index >= 15 is 0 Å². The van der Waals surface area contributed by atoms with Crippen molar-refractivity contribution in [1.82, 2.24) is 24.1 Å². The molecule has 4 aromatic heterocycles. The third-order valence-electron chi connectivity index (χ3n) is 9.60. The molecule has 4 heterocycles. The lowest BCUT2D eigenvalue weighted by molar-refractivity contribution is 0.996. The molecule has 0 unspecified atom stereocenters. The highest BCUT2D eigenvalue weighted by Crippen LogP contribution is 2.38. The van der Waals surface area contributed by atoms with Gasteiger partial charge in [-0.15, -0.1) is 0 Å². The molecule has 234 valence electrons. The lowest BCUT2D eigenvalue weighted by Gasteiger charge is -2.12. The fourth-order valence-electron chi connectivity index (χ4n) is 7.28. The van der Waals surface area contributed by atoms with E-state index in [4.69, 9.17) is 15.0 Å². The SMILES string of the molecule is c1ccc(-c2cc(-c3ccccc3)nc(-n3c4ccccc4c4ccc(-c5ccc6c7ncccc7n(-c7ccccc7)c6c5)cc43)n2)cc1. The Labute approximate surface area is 288 Å². The van der Waals surface area contributed by atoms with Gasteiger partial charge in [-0.2, -0.15) is 0 Å². The average Bonchev–Trinajstić information content (AvgIpc) is 3.71. The number of aromatic nitrogens is 5. The van der Waals surface area contributed by atoms with Crippen LogP contribution in [0.1, 0.15) is 0 Å². The van der Waals surface area contributed by atoms with E-state index in [9.17, 15) is 0 Å². The van der Waals surface area contributed by atoms with Crippen molar-refractivity contribution in [3.05, 3.63) is 176 Å².